The summed E-state index contributed by atoms with van der Waals surface area (Å²) in [6, 6.07) is 15.5. The number of hydrogen-bond donors (Lipinski definition) is 1. The van der Waals surface area contributed by atoms with Crippen LogP contribution >= 0.6 is 0 Å². The van der Waals surface area contributed by atoms with E-state index in [4.69, 9.17) is 9.47 Å². The Morgan fingerprint density at radius 2 is 1.81 bits per heavy atom. The largest absolute Gasteiger partial charge is 0.482 e. The molecule has 172 valence electrons. The first-order valence-corrected chi connectivity index (χ1v) is 11.4. The van der Waals surface area contributed by atoms with Crippen LogP contribution in [-0.4, -0.2) is 42.1 Å². The van der Waals surface area contributed by atoms with Crippen LogP contribution in [0.3, 0.4) is 0 Å². The molecule has 6 heteroatoms. The summed E-state index contributed by atoms with van der Waals surface area (Å²) in [6.45, 7) is 5.29. The van der Waals surface area contributed by atoms with Gasteiger partial charge in [-0.05, 0) is 68.9 Å². The predicted molar refractivity (Wildman–Crippen MR) is 122 cm³/mol. The number of aliphatic hydroxyl groups is 1. The van der Waals surface area contributed by atoms with Crippen molar-refractivity contribution in [3.8, 4) is 5.75 Å². The fourth-order valence-corrected chi connectivity index (χ4v) is 5.28. The highest BCUT2D eigenvalue weighted by molar-refractivity contribution is 6.04. The van der Waals surface area contributed by atoms with Gasteiger partial charge >= 0.3 is 0 Å². The Bertz CT molecular complexity index is 940. The van der Waals surface area contributed by atoms with Gasteiger partial charge in [0.25, 0.3) is 5.91 Å². The van der Waals surface area contributed by atoms with Gasteiger partial charge in [-0.15, -0.1) is 0 Å². The van der Waals surface area contributed by atoms with E-state index in [1.165, 1.54) is 0 Å². The Labute approximate surface area is 189 Å². The van der Waals surface area contributed by atoms with Crippen LogP contribution in [0.25, 0.3) is 0 Å². The van der Waals surface area contributed by atoms with Crippen molar-refractivity contribution < 1.29 is 23.8 Å². The number of hydrogen-bond acceptors (Lipinski definition) is 4. The molecule has 4 rings (SSSR count). The van der Waals surface area contributed by atoms with Gasteiger partial charge in [-0.1, -0.05) is 31.2 Å². The second kappa shape index (κ2) is 9.20. The van der Waals surface area contributed by atoms with E-state index in [9.17, 15) is 14.3 Å². The lowest BCUT2D eigenvalue weighted by Crippen LogP contribution is -2.37. The van der Waals surface area contributed by atoms with Gasteiger partial charge in [0.2, 0.25) is 0 Å². The smallest absolute Gasteiger partial charge is 0.269 e. The number of aliphatic hydroxyl groups excluding tert-OH is 1. The Balaban J connectivity index is 1.43. The summed E-state index contributed by atoms with van der Waals surface area (Å²) in [5, 5.41) is 9.37. The van der Waals surface area contributed by atoms with E-state index >= 15 is 0 Å². The summed E-state index contributed by atoms with van der Waals surface area (Å²) in [5.41, 5.74) is 1.35. The molecular formula is C26H32FNO4. The van der Waals surface area contributed by atoms with Crippen molar-refractivity contribution in [1.82, 2.24) is 0 Å². The highest BCUT2D eigenvalue weighted by Crippen LogP contribution is 2.44. The second-order valence-electron chi connectivity index (χ2n) is 9.37. The third-order valence-electron chi connectivity index (χ3n) is 6.73. The van der Waals surface area contributed by atoms with E-state index in [0.717, 1.165) is 29.8 Å². The number of amides is 1. The number of ether oxygens (including phenoxy) is 2. The minimum Gasteiger partial charge on any atom is -0.482 e. The summed E-state index contributed by atoms with van der Waals surface area (Å²) >= 11 is 0. The lowest BCUT2D eigenvalue weighted by molar-refractivity contribution is -0.120. The van der Waals surface area contributed by atoms with Crippen LogP contribution in [0.2, 0.25) is 0 Å². The molecule has 4 atom stereocenters. The molecule has 0 saturated carbocycles. The van der Waals surface area contributed by atoms with Gasteiger partial charge in [-0.3, -0.25) is 9.69 Å². The third-order valence-corrected chi connectivity index (χ3v) is 6.73. The molecule has 1 fully saturated rings. The first kappa shape index (κ1) is 22.7. The quantitative estimate of drug-likeness (QED) is 0.669. The van der Waals surface area contributed by atoms with Gasteiger partial charge < -0.3 is 14.6 Å². The minimum absolute atomic E-state index is 0.00153. The van der Waals surface area contributed by atoms with Gasteiger partial charge in [0, 0.05) is 18.2 Å². The second-order valence-corrected chi connectivity index (χ2v) is 9.37. The molecule has 0 spiro atoms. The topological polar surface area (TPSA) is 59.0 Å². The molecule has 1 amide bonds. The van der Waals surface area contributed by atoms with Crippen LogP contribution in [0, 0.1) is 11.8 Å². The Morgan fingerprint density at radius 3 is 2.50 bits per heavy atom. The van der Waals surface area contributed by atoms with Crippen LogP contribution in [0.1, 0.15) is 39.2 Å². The summed E-state index contributed by atoms with van der Waals surface area (Å²) in [4.78, 5) is 14.2. The summed E-state index contributed by atoms with van der Waals surface area (Å²) in [5.74, 6) is 0.452. The highest BCUT2D eigenvalue weighted by Gasteiger charge is 2.48. The molecule has 0 aliphatic carbocycles. The molecule has 0 bridgehead atoms. The monoisotopic (exact) mass is 441 g/mol. The van der Waals surface area contributed by atoms with Crippen LogP contribution in [0.5, 0.6) is 5.75 Å². The number of halogens is 1. The molecule has 2 aromatic carbocycles. The van der Waals surface area contributed by atoms with Crippen LogP contribution < -0.4 is 9.64 Å². The van der Waals surface area contributed by atoms with E-state index in [1.807, 2.05) is 48.5 Å². The first-order valence-electron chi connectivity index (χ1n) is 11.4. The van der Waals surface area contributed by atoms with Crippen molar-refractivity contribution in [3.63, 3.8) is 0 Å². The molecule has 1 N–H and O–H groups in total. The number of nitrogens with zero attached hydrogens (tertiary/aromatic N) is 1. The number of rotatable bonds is 7. The number of para-hydroxylation sites is 2. The molecule has 2 heterocycles. The molecule has 0 radical (unpaired) electrons. The average molecular weight is 442 g/mol. The zero-order chi connectivity index (χ0) is 22.9. The van der Waals surface area contributed by atoms with Crippen molar-refractivity contribution in [3.05, 3.63) is 54.1 Å². The van der Waals surface area contributed by atoms with Gasteiger partial charge in [0.05, 0.1) is 17.9 Å². The van der Waals surface area contributed by atoms with E-state index in [1.54, 1.807) is 18.7 Å². The number of anilines is 2. The Hall–Kier alpha value is -2.44. The minimum atomic E-state index is -1.35. The zero-order valence-corrected chi connectivity index (χ0v) is 19.0. The van der Waals surface area contributed by atoms with E-state index in [0.29, 0.717) is 12.2 Å². The molecule has 0 unspecified atom stereocenters. The average Bonchev–Trinajstić information content (AvgIpc) is 3.08. The summed E-state index contributed by atoms with van der Waals surface area (Å²) in [7, 11) is 0. The van der Waals surface area contributed by atoms with E-state index < -0.39 is 5.67 Å². The Kier molecular flexibility index (Phi) is 6.54. The molecule has 2 aliphatic heterocycles. The standard InChI is InChI=1S/C26H32FNO4/c1-17-21(32-23(14-15-29)25(17)26(2,3)27)13-10-18-8-11-19(12-9-18)28-20-6-4-5-7-22(20)31-16-24(28)30/h4-9,11-12,17,21,23,25,29H,10,13-16H2,1-3H3/t17-,21+,23-,25+/m1/s1. The van der Waals surface area contributed by atoms with Crippen molar-refractivity contribution in [2.45, 2.75) is 57.9 Å². The molecule has 0 aromatic heterocycles. The third kappa shape index (κ3) is 4.52. The van der Waals surface area contributed by atoms with Crippen molar-refractivity contribution in [2.24, 2.45) is 11.8 Å². The maximum Gasteiger partial charge on any atom is 0.269 e. The normalized spacial score (nSPS) is 25.5. The fraction of sp³-hybridized carbons (Fsp3) is 0.500. The highest BCUT2D eigenvalue weighted by atomic mass is 19.1. The van der Waals surface area contributed by atoms with Crippen LogP contribution in [0.15, 0.2) is 48.5 Å². The van der Waals surface area contributed by atoms with Crippen molar-refractivity contribution in [1.29, 1.82) is 0 Å². The number of carbonyl (C=O) groups is 1. The van der Waals surface area contributed by atoms with Crippen molar-refractivity contribution >= 4 is 17.3 Å². The lowest BCUT2D eigenvalue weighted by Gasteiger charge is -2.30. The number of carbonyl (C=O) groups excluding carboxylic acids is 1. The van der Waals surface area contributed by atoms with Crippen LogP contribution in [-0.2, 0) is 16.0 Å². The van der Waals surface area contributed by atoms with E-state index in [2.05, 4.69) is 6.92 Å². The number of aryl methyl sites for hydroxylation is 1. The Morgan fingerprint density at radius 1 is 1.09 bits per heavy atom. The first-order chi connectivity index (χ1) is 15.3. The van der Waals surface area contributed by atoms with Gasteiger partial charge in [-0.2, -0.15) is 0 Å². The van der Waals surface area contributed by atoms with Crippen molar-refractivity contribution in [2.75, 3.05) is 18.1 Å². The predicted octanol–water partition coefficient (Wildman–Crippen LogP) is 4.83. The summed E-state index contributed by atoms with van der Waals surface area (Å²) in [6.07, 6.45) is 1.75. The zero-order valence-electron chi connectivity index (χ0n) is 19.0. The molecule has 5 nitrogen and oxygen atoms in total. The molecule has 1 saturated heterocycles. The lowest BCUT2D eigenvalue weighted by atomic mass is 9.77. The molecule has 2 aliphatic rings. The number of alkyl halides is 1. The fourth-order valence-electron chi connectivity index (χ4n) is 5.28. The molecule has 2 aromatic rings. The van der Waals surface area contributed by atoms with Gasteiger partial charge in [0.1, 0.15) is 11.4 Å². The SMILES string of the molecule is C[C@H]1[C@H](C(C)(C)F)[C@@H](CCO)O[C@H]1CCc1ccc(N2C(=O)COc3ccccc32)cc1. The summed E-state index contributed by atoms with van der Waals surface area (Å²) < 4.78 is 26.5. The van der Waals surface area contributed by atoms with E-state index in [-0.39, 0.29) is 43.2 Å². The van der Waals surface area contributed by atoms with Crippen LogP contribution in [0.4, 0.5) is 15.8 Å². The molecular weight excluding hydrogens is 409 g/mol. The number of benzene rings is 2. The number of fused-ring (bicyclic) bond motifs is 1. The maximum atomic E-state index is 14.8. The van der Waals surface area contributed by atoms with Gasteiger partial charge in [0.15, 0.2) is 6.61 Å². The van der Waals surface area contributed by atoms with Gasteiger partial charge in [-0.25, -0.2) is 4.39 Å². The maximum absolute atomic E-state index is 14.8. The molecule has 32 heavy (non-hydrogen) atoms.